The molecule has 1 aromatic carbocycles. The first-order valence-electron chi connectivity index (χ1n) is 9.09. The summed E-state index contributed by atoms with van der Waals surface area (Å²) in [5.41, 5.74) is 3.06. The highest BCUT2D eigenvalue weighted by Crippen LogP contribution is 2.38. The van der Waals surface area contributed by atoms with Crippen molar-refractivity contribution in [1.82, 2.24) is 14.3 Å². The van der Waals surface area contributed by atoms with Crippen molar-refractivity contribution < 1.29 is 26.3 Å². The van der Waals surface area contributed by atoms with Gasteiger partial charge in [-0.25, -0.2) is 13.4 Å². The zero-order chi connectivity index (χ0) is 21.5. The predicted octanol–water partition coefficient (Wildman–Crippen LogP) is 4.18. The monoisotopic (exact) mass is 437 g/mol. The van der Waals surface area contributed by atoms with E-state index >= 15 is 0 Å². The van der Waals surface area contributed by atoms with E-state index in [9.17, 15) is 21.6 Å². The molecular weight excluding hydrogens is 419 g/mol. The Morgan fingerprint density at radius 2 is 1.93 bits per heavy atom. The van der Waals surface area contributed by atoms with Crippen LogP contribution in [0.2, 0.25) is 0 Å². The van der Waals surface area contributed by atoms with E-state index < -0.39 is 16.4 Å². The molecular formula is C20H18F3N3O3S. The van der Waals surface area contributed by atoms with Gasteiger partial charge in [0.2, 0.25) is 10.0 Å². The maximum Gasteiger partial charge on any atom is 0.573 e. The van der Waals surface area contributed by atoms with Gasteiger partial charge < -0.3 is 9.72 Å². The lowest BCUT2D eigenvalue weighted by molar-refractivity contribution is -0.274. The lowest BCUT2D eigenvalue weighted by Gasteiger charge is -2.23. The Balaban J connectivity index is 1.74. The third-order valence-corrected chi connectivity index (χ3v) is 6.19. The number of ether oxygens (including phenoxy) is 1. The number of halogens is 3. The number of pyridine rings is 1. The van der Waals surface area contributed by atoms with Crippen LogP contribution in [-0.4, -0.2) is 48.4 Å². The number of fused-ring (bicyclic) bond motifs is 1. The zero-order valence-corrected chi connectivity index (χ0v) is 16.7. The topological polar surface area (TPSA) is 75.3 Å². The Labute approximate surface area is 171 Å². The molecule has 6 nitrogen and oxygen atoms in total. The average Bonchev–Trinajstić information content (AvgIpc) is 3.11. The number of sulfonamides is 1. The lowest BCUT2D eigenvalue weighted by atomic mass is 10.0. The minimum absolute atomic E-state index is 0.270. The fourth-order valence-corrected chi connectivity index (χ4v) is 4.30. The van der Waals surface area contributed by atoms with Crippen LogP contribution in [0.25, 0.3) is 27.7 Å². The summed E-state index contributed by atoms with van der Waals surface area (Å²) in [5.74, 6) is -0.291. The lowest BCUT2D eigenvalue weighted by Crippen LogP contribution is -2.33. The number of aromatic amines is 1. The number of para-hydroxylation sites is 1. The van der Waals surface area contributed by atoms with Gasteiger partial charge in [-0.15, -0.1) is 13.2 Å². The van der Waals surface area contributed by atoms with Crippen LogP contribution in [0.1, 0.15) is 12.1 Å². The van der Waals surface area contributed by atoms with E-state index in [0.29, 0.717) is 35.1 Å². The summed E-state index contributed by atoms with van der Waals surface area (Å²) in [7, 11) is -3.26. The van der Waals surface area contributed by atoms with Gasteiger partial charge in [-0.2, -0.15) is 4.31 Å². The largest absolute Gasteiger partial charge is 0.573 e. The molecule has 4 rings (SSSR count). The fraction of sp³-hybridized carbons (Fsp3) is 0.250. The Bertz CT molecular complexity index is 1230. The molecule has 30 heavy (non-hydrogen) atoms. The van der Waals surface area contributed by atoms with Gasteiger partial charge in [0.1, 0.15) is 11.4 Å². The van der Waals surface area contributed by atoms with Crippen molar-refractivity contribution in [3.05, 3.63) is 54.4 Å². The highest BCUT2D eigenvalue weighted by molar-refractivity contribution is 7.88. The molecule has 0 atom stereocenters. The molecule has 0 saturated heterocycles. The van der Waals surface area contributed by atoms with Crippen molar-refractivity contribution in [2.75, 3.05) is 19.3 Å². The second-order valence-electron chi connectivity index (χ2n) is 6.95. The maximum absolute atomic E-state index is 12.8. The molecule has 1 aliphatic rings. The molecule has 1 N–H and O–H groups in total. The van der Waals surface area contributed by atoms with Crippen LogP contribution in [0.5, 0.6) is 5.75 Å². The van der Waals surface area contributed by atoms with Crippen LogP contribution in [0, 0.1) is 0 Å². The Kier molecular flexibility index (Phi) is 5.07. The molecule has 0 saturated carbocycles. The Morgan fingerprint density at radius 1 is 1.17 bits per heavy atom. The van der Waals surface area contributed by atoms with Crippen molar-refractivity contribution in [1.29, 1.82) is 0 Å². The van der Waals surface area contributed by atoms with E-state index in [0.717, 1.165) is 11.3 Å². The summed E-state index contributed by atoms with van der Waals surface area (Å²) in [5, 5.41) is 0.650. The minimum Gasteiger partial charge on any atom is -0.405 e. The molecule has 1 aliphatic heterocycles. The molecule has 0 fully saturated rings. The summed E-state index contributed by atoms with van der Waals surface area (Å²) < 4.78 is 67.4. The smallest absolute Gasteiger partial charge is 0.405 e. The van der Waals surface area contributed by atoms with Crippen LogP contribution >= 0.6 is 0 Å². The molecule has 0 amide bonds. The highest BCUT2D eigenvalue weighted by Gasteiger charge is 2.32. The van der Waals surface area contributed by atoms with Crippen LogP contribution in [0.4, 0.5) is 13.2 Å². The van der Waals surface area contributed by atoms with Crippen molar-refractivity contribution in [2.45, 2.75) is 12.8 Å². The third kappa shape index (κ3) is 4.19. The van der Waals surface area contributed by atoms with E-state index in [2.05, 4.69) is 14.7 Å². The number of H-pyrrole nitrogens is 1. The van der Waals surface area contributed by atoms with E-state index in [1.807, 2.05) is 12.1 Å². The SMILES string of the molecule is CS(=O)(=O)N1CC=C(c2cc3c(-c4ccccc4OC(F)(F)F)ccnc3[nH]2)CC1. The van der Waals surface area contributed by atoms with Crippen LogP contribution in [0.15, 0.2) is 48.7 Å². The fourth-order valence-electron chi connectivity index (χ4n) is 3.53. The van der Waals surface area contributed by atoms with E-state index in [1.165, 1.54) is 28.9 Å². The van der Waals surface area contributed by atoms with Gasteiger partial charge in [-0.3, -0.25) is 0 Å². The zero-order valence-electron chi connectivity index (χ0n) is 15.9. The van der Waals surface area contributed by atoms with Gasteiger partial charge in [-0.05, 0) is 35.8 Å². The second-order valence-corrected chi connectivity index (χ2v) is 8.93. The number of aromatic nitrogens is 2. The van der Waals surface area contributed by atoms with Crippen molar-refractivity contribution >= 4 is 26.6 Å². The van der Waals surface area contributed by atoms with E-state index in [-0.39, 0.29) is 12.3 Å². The molecule has 2 aromatic heterocycles. The molecule has 0 spiro atoms. The molecule has 0 aliphatic carbocycles. The van der Waals surface area contributed by atoms with Crippen LogP contribution < -0.4 is 4.74 Å². The number of hydrogen-bond donors (Lipinski definition) is 1. The average molecular weight is 437 g/mol. The van der Waals surface area contributed by atoms with Crippen molar-refractivity contribution in [3.63, 3.8) is 0 Å². The van der Waals surface area contributed by atoms with Crippen LogP contribution in [-0.2, 0) is 10.0 Å². The second kappa shape index (κ2) is 7.44. The molecule has 0 radical (unpaired) electrons. The van der Waals surface area contributed by atoms with Gasteiger partial charge >= 0.3 is 6.36 Å². The summed E-state index contributed by atoms with van der Waals surface area (Å²) in [6.45, 7) is 0.634. The van der Waals surface area contributed by atoms with Gasteiger partial charge in [0.25, 0.3) is 0 Å². The number of nitrogens with one attached hydrogen (secondary N) is 1. The molecule has 0 bridgehead atoms. The summed E-state index contributed by atoms with van der Waals surface area (Å²) >= 11 is 0. The number of alkyl halides is 3. The molecule has 3 heterocycles. The van der Waals surface area contributed by atoms with Gasteiger partial charge in [-0.1, -0.05) is 24.3 Å². The van der Waals surface area contributed by atoms with E-state index in [4.69, 9.17) is 0 Å². The standard InChI is InChI=1S/C20H18F3N3O3S/c1-30(27,28)26-10-7-13(8-11-26)17-12-16-14(6-9-24-19(16)25-17)15-4-2-3-5-18(15)29-20(21,22)23/h2-7,9,12H,8,10-11H2,1H3,(H,24,25). The van der Waals surface area contributed by atoms with Crippen molar-refractivity contribution in [3.8, 4) is 16.9 Å². The molecule has 158 valence electrons. The number of nitrogens with zero attached hydrogens (tertiary/aromatic N) is 2. The highest BCUT2D eigenvalue weighted by atomic mass is 32.2. The number of benzene rings is 1. The summed E-state index contributed by atoms with van der Waals surface area (Å²) in [6.07, 6.45) is 0.233. The van der Waals surface area contributed by atoms with Gasteiger partial charge in [0.15, 0.2) is 0 Å². The Hall–Kier alpha value is -2.85. The summed E-state index contributed by atoms with van der Waals surface area (Å²) in [4.78, 5) is 7.48. The first-order valence-corrected chi connectivity index (χ1v) is 10.9. The third-order valence-electron chi connectivity index (χ3n) is 4.92. The number of hydrogen-bond acceptors (Lipinski definition) is 4. The quantitative estimate of drug-likeness (QED) is 0.665. The summed E-state index contributed by atoms with van der Waals surface area (Å²) in [6, 6.07) is 9.41. The predicted molar refractivity (Wildman–Crippen MR) is 107 cm³/mol. The first-order chi connectivity index (χ1) is 14.1. The van der Waals surface area contributed by atoms with Gasteiger partial charge in [0, 0.05) is 35.9 Å². The minimum atomic E-state index is -4.80. The normalized spacial score (nSPS) is 15.9. The molecule has 10 heteroatoms. The maximum atomic E-state index is 12.8. The van der Waals surface area contributed by atoms with Gasteiger partial charge in [0.05, 0.1) is 6.26 Å². The van der Waals surface area contributed by atoms with E-state index in [1.54, 1.807) is 18.2 Å². The molecule has 3 aromatic rings. The molecule has 0 unspecified atom stereocenters. The van der Waals surface area contributed by atoms with Crippen LogP contribution in [0.3, 0.4) is 0 Å². The van der Waals surface area contributed by atoms with Crippen molar-refractivity contribution in [2.24, 2.45) is 0 Å². The number of rotatable bonds is 4. The Morgan fingerprint density at radius 3 is 2.60 bits per heavy atom. The first kappa shape index (κ1) is 20.4.